The van der Waals surface area contributed by atoms with Crippen molar-refractivity contribution in [1.82, 2.24) is 0 Å². The van der Waals surface area contributed by atoms with Gasteiger partial charge >= 0.3 is 5.97 Å². The van der Waals surface area contributed by atoms with Gasteiger partial charge in [0.15, 0.2) is 0 Å². The van der Waals surface area contributed by atoms with Crippen LogP contribution >= 0.6 is 0 Å². The van der Waals surface area contributed by atoms with Crippen LogP contribution in [0, 0.1) is 0 Å². The highest BCUT2D eigenvalue weighted by atomic mass is 16.5. The summed E-state index contributed by atoms with van der Waals surface area (Å²) in [5.74, 6) is -1.31. The monoisotopic (exact) mass is 186 g/mol. The molecule has 0 aromatic heterocycles. The van der Waals surface area contributed by atoms with Gasteiger partial charge in [0.25, 0.3) is 6.29 Å². The predicted octanol–water partition coefficient (Wildman–Crippen LogP) is -0.226. The number of rotatable bonds is 1. The third kappa shape index (κ3) is 6.79. The standard InChI is InChI=1S/C6H6O.C2H4O4/c7-6-4-2-1-3-5-6;3-1(4)2(5)6/h1-5,7H;1,3-4H,(H,5,6). The summed E-state index contributed by atoms with van der Waals surface area (Å²) in [7, 11) is 0. The van der Waals surface area contributed by atoms with Gasteiger partial charge in [0.05, 0.1) is 0 Å². The molecule has 0 bridgehead atoms. The summed E-state index contributed by atoms with van der Waals surface area (Å²) in [6, 6.07) is 8.71. The maximum absolute atomic E-state index is 9.20. The van der Waals surface area contributed by atoms with E-state index in [4.69, 9.17) is 20.4 Å². The Labute approximate surface area is 74.5 Å². The van der Waals surface area contributed by atoms with Crippen LogP contribution in [0.3, 0.4) is 0 Å². The Morgan fingerprint density at radius 2 is 1.54 bits per heavy atom. The number of phenols is 1. The van der Waals surface area contributed by atoms with E-state index < -0.39 is 12.3 Å². The lowest BCUT2D eigenvalue weighted by molar-refractivity contribution is -0.165. The largest absolute Gasteiger partial charge is 0.508 e. The molecule has 0 unspecified atom stereocenters. The number of para-hydroxylation sites is 1. The second kappa shape index (κ2) is 5.99. The number of aromatic hydroxyl groups is 1. The Morgan fingerprint density at radius 3 is 1.69 bits per heavy atom. The van der Waals surface area contributed by atoms with Crippen molar-refractivity contribution in [2.45, 2.75) is 6.29 Å². The van der Waals surface area contributed by atoms with Crippen LogP contribution in [0.1, 0.15) is 0 Å². The lowest BCUT2D eigenvalue weighted by atomic mass is 10.3. The van der Waals surface area contributed by atoms with E-state index in [9.17, 15) is 4.79 Å². The van der Waals surface area contributed by atoms with Gasteiger partial charge in [-0.2, -0.15) is 0 Å². The molecule has 0 amide bonds. The SMILES string of the molecule is O=C(O)C(O)O.Oc1ccccc1. The van der Waals surface area contributed by atoms with E-state index in [1.807, 2.05) is 6.07 Å². The molecule has 0 aliphatic rings. The Balaban J connectivity index is 0.000000226. The molecule has 0 atom stereocenters. The van der Waals surface area contributed by atoms with Crippen LogP contribution in [0.25, 0.3) is 0 Å². The highest BCUT2D eigenvalue weighted by Crippen LogP contribution is 2.02. The van der Waals surface area contributed by atoms with Crippen LogP contribution in [-0.4, -0.2) is 32.7 Å². The number of aliphatic carboxylic acids is 1. The molecule has 1 aromatic rings. The van der Waals surface area contributed by atoms with Crippen molar-refractivity contribution >= 4 is 5.97 Å². The van der Waals surface area contributed by atoms with Crippen molar-refractivity contribution in [2.75, 3.05) is 0 Å². The Morgan fingerprint density at radius 1 is 1.15 bits per heavy atom. The van der Waals surface area contributed by atoms with Crippen molar-refractivity contribution < 1.29 is 25.2 Å². The van der Waals surface area contributed by atoms with Crippen LogP contribution in [0.5, 0.6) is 5.75 Å². The normalized spacial score (nSPS) is 8.85. The maximum Gasteiger partial charge on any atom is 0.360 e. The maximum atomic E-state index is 9.20. The van der Waals surface area contributed by atoms with E-state index in [1.165, 1.54) is 0 Å². The first-order valence-electron chi connectivity index (χ1n) is 3.37. The number of aliphatic hydroxyl groups excluding tert-OH is 1. The second-order valence-corrected chi connectivity index (χ2v) is 2.05. The van der Waals surface area contributed by atoms with Crippen LogP contribution in [0.15, 0.2) is 30.3 Å². The zero-order valence-corrected chi connectivity index (χ0v) is 6.66. The average Bonchev–Trinajstić information content (AvgIpc) is 2.06. The fourth-order valence-electron chi connectivity index (χ4n) is 0.428. The molecular weight excluding hydrogens is 176 g/mol. The number of phenolic OH excluding ortho intramolecular Hbond substituents is 1. The van der Waals surface area contributed by atoms with Crippen molar-refractivity contribution in [3.8, 4) is 5.75 Å². The molecule has 0 saturated heterocycles. The van der Waals surface area contributed by atoms with Crippen LogP contribution < -0.4 is 0 Å². The molecular formula is C8H10O5. The average molecular weight is 186 g/mol. The Hall–Kier alpha value is -1.59. The van der Waals surface area contributed by atoms with Crippen molar-refractivity contribution in [2.24, 2.45) is 0 Å². The van der Waals surface area contributed by atoms with Crippen LogP contribution in [0.4, 0.5) is 0 Å². The third-order valence-electron chi connectivity index (χ3n) is 0.977. The van der Waals surface area contributed by atoms with E-state index in [0.29, 0.717) is 5.75 Å². The molecule has 72 valence electrons. The predicted molar refractivity (Wildman–Crippen MR) is 44.0 cm³/mol. The third-order valence-corrected chi connectivity index (χ3v) is 0.977. The smallest absolute Gasteiger partial charge is 0.360 e. The zero-order chi connectivity index (χ0) is 10.3. The molecule has 13 heavy (non-hydrogen) atoms. The molecule has 5 heteroatoms. The summed E-state index contributed by atoms with van der Waals surface area (Å²) in [4.78, 5) is 9.20. The number of hydrogen-bond donors (Lipinski definition) is 4. The molecule has 0 heterocycles. The van der Waals surface area contributed by atoms with Gasteiger partial charge in [-0.1, -0.05) is 18.2 Å². The first kappa shape index (κ1) is 11.4. The first-order valence-corrected chi connectivity index (χ1v) is 3.37. The molecule has 1 rings (SSSR count). The van der Waals surface area contributed by atoms with Gasteiger partial charge in [0.2, 0.25) is 0 Å². The minimum atomic E-state index is -2.23. The molecule has 0 fully saturated rings. The molecule has 0 radical (unpaired) electrons. The van der Waals surface area contributed by atoms with Gasteiger partial charge in [-0.15, -0.1) is 0 Å². The highest BCUT2D eigenvalue weighted by molar-refractivity contribution is 5.69. The lowest BCUT2D eigenvalue weighted by Crippen LogP contribution is -2.17. The summed E-state index contributed by atoms with van der Waals surface area (Å²) in [5.41, 5.74) is 0. The van der Waals surface area contributed by atoms with Crippen LogP contribution in [-0.2, 0) is 4.79 Å². The molecule has 0 saturated carbocycles. The van der Waals surface area contributed by atoms with Crippen molar-refractivity contribution in [3.05, 3.63) is 30.3 Å². The molecule has 5 nitrogen and oxygen atoms in total. The van der Waals surface area contributed by atoms with Crippen molar-refractivity contribution in [1.29, 1.82) is 0 Å². The Bertz CT molecular complexity index is 244. The molecule has 4 N–H and O–H groups in total. The van der Waals surface area contributed by atoms with Crippen molar-refractivity contribution in [3.63, 3.8) is 0 Å². The summed E-state index contributed by atoms with van der Waals surface area (Å²) in [6.07, 6.45) is -2.23. The second-order valence-electron chi connectivity index (χ2n) is 2.05. The molecule has 0 aliphatic carbocycles. The Kier molecular flexibility index (Phi) is 5.25. The molecule has 0 aliphatic heterocycles. The fraction of sp³-hybridized carbons (Fsp3) is 0.125. The quantitative estimate of drug-likeness (QED) is 0.454. The van der Waals surface area contributed by atoms with Gasteiger partial charge in [0, 0.05) is 0 Å². The van der Waals surface area contributed by atoms with E-state index in [-0.39, 0.29) is 0 Å². The number of benzene rings is 1. The van der Waals surface area contributed by atoms with Gasteiger partial charge in [-0.3, -0.25) is 0 Å². The number of carboxylic acids is 1. The minimum absolute atomic E-state index is 0.322. The minimum Gasteiger partial charge on any atom is -0.508 e. The van der Waals surface area contributed by atoms with E-state index in [1.54, 1.807) is 24.3 Å². The highest BCUT2D eigenvalue weighted by Gasteiger charge is 2.04. The molecule has 1 aromatic carbocycles. The molecule has 0 spiro atoms. The van der Waals surface area contributed by atoms with Gasteiger partial charge in [-0.25, -0.2) is 4.79 Å². The number of hydrogen-bond acceptors (Lipinski definition) is 4. The first-order chi connectivity index (χ1) is 6.04. The summed E-state index contributed by atoms with van der Waals surface area (Å²) in [5, 5.41) is 31.3. The van der Waals surface area contributed by atoms with Gasteiger partial charge < -0.3 is 20.4 Å². The topological polar surface area (TPSA) is 98.0 Å². The lowest BCUT2D eigenvalue weighted by Gasteiger charge is -1.88. The fourth-order valence-corrected chi connectivity index (χ4v) is 0.428. The number of carbonyl (C=O) groups is 1. The van der Waals surface area contributed by atoms with Gasteiger partial charge in [0.1, 0.15) is 5.75 Å². The summed E-state index contributed by atoms with van der Waals surface area (Å²) < 4.78 is 0. The summed E-state index contributed by atoms with van der Waals surface area (Å²) >= 11 is 0. The zero-order valence-electron chi connectivity index (χ0n) is 6.66. The van der Waals surface area contributed by atoms with E-state index in [2.05, 4.69) is 0 Å². The number of carboxylic acid groups (broad SMARTS) is 1. The van der Waals surface area contributed by atoms with E-state index in [0.717, 1.165) is 0 Å². The van der Waals surface area contributed by atoms with Gasteiger partial charge in [-0.05, 0) is 12.1 Å². The van der Waals surface area contributed by atoms with E-state index >= 15 is 0 Å². The summed E-state index contributed by atoms with van der Waals surface area (Å²) in [6.45, 7) is 0. The van der Waals surface area contributed by atoms with Crippen LogP contribution in [0.2, 0.25) is 0 Å². The number of aliphatic hydroxyl groups is 2.